The molecule has 3 rings (SSSR count). The van der Waals surface area contributed by atoms with Crippen molar-refractivity contribution in [1.82, 2.24) is 5.16 Å². The highest BCUT2D eigenvalue weighted by Gasteiger charge is 2.17. The van der Waals surface area contributed by atoms with Gasteiger partial charge in [-0.3, -0.25) is 4.79 Å². The maximum Gasteiger partial charge on any atom is 0.338 e. The van der Waals surface area contributed by atoms with Crippen molar-refractivity contribution in [2.75, 3.05) is 18.7 Å². The first kappa shape index (κ1) is 13.9. The van der Waals surface area contributed by atoms with Crippen molar-refractivity contribution >= 4 is 17.7 Å². The molecule has 2 aromatic rings. The molecule has 0 bridgehead atoms. The molecule has 0 atom stereocenters. The first-order valence-corrected chi connectivity index (χ1v) is 6.42. The summed E-state index contributed by atoms with van der Waals surface area (Å²) < 4.78 is 20.0. The number of benzene rings is 1. The first-order chi connectivity index (χ1) is 10.6. The van der Waals surface area contributed by atoms with E-state index in [1.54, 1.807) is 19.1 Å². The normalized spacial score (nSPS) is 12.0. The highest BCUT2D eigenvalue weighted by Crippen LogP contribution is 2.32. The summed E-state index contributed by atoms with van der Waals surface area (Å²) in [7, 11) is 0. The third kappa shape index (κ3) is 3.00. The molecule has 0 aliphatic carbocycles. The number of nitrogens with one attached hydrogen (secondary N) is 1. The number of anilines is 1. The number of aromatic nitrogens is 1. The van der Waals surface area contributed by atoms with Gasteiger partial charge in [-0.05, 0) is 25.1 Å². The highest BCUT2D eigenvalue weighted by atomic mass is 16.7. The second-order valence-electron chi connectivity index (χ2n) is 4.52. The average molecular weight is 304 g/mol. The summed E-state index contributed by atoms with van der Waals surface area (Å²) in [6.45, 7) is 1.38. The molecule has 0 spiro atoms. The zero-order valence-corrected chi connectivity index (χ0v) is 11.6. The summed E-state index contributed by atoms with van der Waals surface area (Å²) >= 11 is 0. The van der Waals surface area contributed by atoms with E-state index >= 15 is 0 Å². The van der Waals surface area contributed by atoms with Crippen LogP contribution >= 0.6 is 0 Å². The van der Waals surface area contributed by atoms with Gasteiger partial charge in [0.25, 0.3) is 5.91 Å². The maximum atomic E-state index is 11.9. The Morgan fingerprint density at radius 3 is 2.86 bits per heavy atom. The molecule has 8 heteroatoms. The molecule has 114 valence electrons. The molecule has 0 unspecified atom stereocenters. The van der Waals surface area contributed by atoms with E-state index in [1.165, 1.54) is 12.1 Å². The van der Waals surface area contributed by atoms with Gasteiger partial charge in [0.2, 0.25) is 6.79 Å². The number of hydrogen-bond donors (Lipinski definition) is 1. The number of carbonyl (C=O) groups is 2. The van der Waals surface area contributed by atoms with Gasteiger partial charge < -0.3 is 24.1 Å². The number of aryl methyl sites for hydroxylation is 1. The molecule has 1 N–H and O–H groups in total. The minimum atomic E-state index is -0.634. The van der Waals surface area contributed by atoms with Crippen LogP contribution in [0.2, 0.25) is 0 Å². The van der Waals surface area contributed by atoms with Crippen molar-refractivity contribution in [3.8, 4) is 11.5 Å². The van der Waals surface area contributed by atoms with E-state index < -0.39 is 18.5 Å². The Kier molecular flexibility index (Phi) is 3.65. The zero-order valence-electron chi connectivity index (χ0n) is 11.6. The molecule has 8 nitrogen and oxygen atoms in total. The van der Waals surface area contributed by atoms with E-state index in [9.17, 15) is 9.59 Å². The molecule has 1 amide bonds. The van der Waals surface area contributed by atoms with Crippen molar-refractivity contribution in [3.63, 3.8) is 0 Å². The highest BCUT2D eigenvalue weighted by molar-refractivity contribution is 5.95. The van der Waals surface area contributed by atoms with E-state index in [2.05, 4.69) is 10.5 Å². The van der Waals surface area contributed by atoms with Crippen LogP contribution in [0.5, 0.6) is 11.5 Å². The van der Waals surface area contributed by atoms with E-state index in [0.717, 1.165) is 0 Å². The Morgan fingerprint density at radius 2 is 2.09 bits per heavy atom. The van der Waals surface area contributed by atoms with Crippen molar-refractivity contribution in [3.05, 3.63) is 35.6 Å². The Morgan fingerprint density at radius 1 is 1.27 bits per heavy atom. The number of fused-ring (bicyclic) bond motifs is 1. The van der Waals surface area contributed by atoms with Crippen LogP contribution in [0.4, 0.5) is 5.82 Å². The minimum Gasteiger partial charge on any atom is -0.454 e. The zero-order chi connectivity index (χ0) is 15.5. The Balaban J connectivity index is 1.54. The van der Waals surface area contributed by atoms with Crippen molar-refractivity contribution in [2.24, 2.45) is 0 Å². The van der Waals surface area contributed by atoms with Crippen molar-refractivity contribution < 1.29 is 28.3 Å². The predicted octanol–water partition coefficient (Wildman–Crippen LogP) is 1.51. The number of esters is 1. The average Bonchev–Trinajstić information content (AvgIpc) is 3.12. The van der Waals surface area contributed by atoms with Gasteiger partial charge in [-0.1, -0.05) is 5.16 Å². The van der Waals surface area contributed by atoms with Gasteiger partial charge in [0, 0.05) is 6.07 Å². The predicted molar refractivity (Wildman–Crippen MR) is 72.7 cm³/mol. The number of nitrogens with zero attached hydrogens (tertiary/aromatic N) is 1. The molecule has 0 fully saturated rings. The summed E-state index contributed by atoms with van der Waals surface area (Å²) in [5.41, 5.74) is 0.273. The van der Waals surface area contributed by atoms with Gasteiger partial charge >= 0.3 is 5.97 Å². The molecule has 0 saturated carbocycles. The third-order valence-electron chi connectivity index (χ3n) is 2.84. The lowest BCUT2D eigenvalue weighted by Gasteiger charge is -2.05. The second kappa shape index (κ2) is 5.76. The lowest BCUT2D eigenvalue weighted by molar-refractivity contribution is -0.119. The van der Waals surface area contributed by atoms with Crippen LogP contribution in [0.3, 0.4) is 0 Å². The number of amides is 1. The minimum absolute atomic E-state index is 0.118. The van der Waals surface area contributed by atoms with E-state index in [1.807, 2.05) is 0 Å². The van der Waals surface area contributed by atoms with Crippen LogP contribution in [-0.4, -0.2) is 30.4 Å². The quantitative estimate of drug-likeness (QED) is 0.854. The fraction of sp³-hybridized carbons (Fsp3) is 0.214. The molecular formula is C14H12N2O6. The number of carbonyl (C=O) groups excluding carboxylic acids is 2. The molecule has 1 aromatic carbocycles. The monoisotopic (exact) mass is 304 g/mol. The smallest absolute Gasteiger partial charge is 0.338 e. The largest absolute Gasteiger partial charge is 0.454 e. The van der Waals surface area contributed by atoms with Gasteiger partial charge in [0.05, 0.1) is 5.56 Å². The maximum absolute atomic E-state index is 11.9. The molecule has 2 heterocycles. The SMILES string of the molecule is Cc1cc(NC(=O)COC(=O)c2ccc3c(c2)OCO3)no1. The Bertz CT molecular complexity index is 724. The number of hydrogen-bond acceptors (Lipinski definition) is 7. The van der Waals surface area contributed by atoms with E-state index in [-0.39, 0.29) is 18.2 Å². The molecular weight excluding hydrogens is 292 g/mol. The van der Waals surface area contributed by atoms with Gasteiger partial charge in [0.1, 0.15) is 5.76 Å². The van der Waals surface area contributed by atoms with Crippen LogP contribution in [0.15, 0.2) is 28.8 Å². The van der Waals surface area contributed by atoms with Crippen LogP contribution in [0.25, 0.3) is 0 Å². The fourth-order valence-electron chi connectivity index (χ4n) is 1.84. The van der Waals surface area contributed by atoms with Crippen LogP contribution < -0.4 is 14.8 Å². The van der Waals surface area contributed by atoms with Crippen molar-refractivity contribution in [2.45, 2.75) is 6.92 Å². The van der Waals surface area contributed by atoms with Crippen LogP contribution in [0, 0.1) is 6.92 Å². The van der Waals surface area contributed by atoms with Gasteiger partial charge in [-0.2, -0.15) is 0 Å². The summed E-state index contributed by atoms with van der Waals surface area (Å²) in [5, 5.41) is 6.05. The standard InChI is InChI=1S/C14H12N2O6/c1-8-4-12(16-22-8)15-13(17)6-19-14(18)9-2-3-10-11(5-9)21-7-20-10/h2-5H,6-7H2,1H3,(H,15,16,17). The summed E-state index contributed by atoms with van der Waals surface area (Å²) in [6, 6.07) is 6.20. The molecule has 0 radical (unpaired) electrons. The number of ether oxygens (including phenoxy) is 3. The summed E-state index contributed by atoms with van der Waals surface area (Å²) in [6.07, 6.45) is 0. The fourth-order valence-corrected chi connectivity index (χ4v) is 1.84. The topological polar surface area (TPSA) is 99.9 Å². The summed E-state index contributed by atoms with van der Waals surface area (Å²) in [5.74, 6) is 0.717. The number of rotatable bonds is 4. The summed E-state index contributed by atoms with van der Waals surface area (Å²) in [4.78, 5) is 23.5. The Labute approximate surface area is 124 Å². The molecule has 22 heavy (non-hydrogen) atoms. The van der Waals surface area contributed by atoms with Crippen LogP contribution in [-0.2, 0) is 9.53 Å². The van der Waals surface area contributed by atoms with Crippen molar-refractivity contribution in [1.29, 1.82) is 0 Å². The first-order valence-electron chi connectivity index (χ1n) is 6.42. The second-order valence-corrected chi connectivity index (χ2v) is 4.52. The van der Waals surface area contributed by atoms with E-state index in [4.69, 9.17) is 18.7 Å². The van der Waals surface area contributed by atoms with Gasteiger partial charge in [-0.15, -0.1) is 0 Å². The lowest BCUT2D eigenvalue weighted by atomic mass is 10.2. The third-order valence-corrected chi connectivity index (χ3v) is 2.84. The molecule has 0 saturated heterocycles. The van der Waals surface area contributed by atoms with Gasteiger partial charge in [0.15, 0.2) is 23.9 Å². The van der Waals surface area contributed by atoms with E-state index in [0.29, 0.717) is 17.3 Å². The molecule has 1 aliphatic heterocycles. The van der Waals surface area contributed by atoms with Gasteiger partial charge in [-0.25, -0.2) is 4.79 Å². The molecule has 1 aromatic heterocycles. The van der Waals surface area contributed by atoms with Crippen LogP contribution in [0.1, 0.15) is 16.1 Å². The molecule has 1 aliphatic rings. The lowest BCUT2D eigenvalue weighted by Crippen LogP contribution is -2.21. The Hall–Kier alpha value is -3.03.